The molecule has 0 bridgehead atoms. The van der Waals surface area contributed by atoms with Gasteiger partial charge in [-0.15, -0.1) is 0 Å². The summed E-state index contributed by atoms with van der Waals surface area (Å²) in [5.74, 6) is -0.756. The van der Waals surface area contributed by atoms with E-state index >= 15 is 0 Å². The average Bonchev–Trinajstić information content (AvgIpc) is 2.93. The summed E-state index contributed by atoms with van der Waals surface area (Å²) in [6, 6.07) is 19.8. The highest BCUT2D eigenvalue weighted by Crippen LogP contribution is 2.31. The van der Waals surface area contributed by atoms with Crippen LogP contribution in [0, 0.1) is 13.8 Å². The van der Waals surface area contributed by atoms with Gasteiger partial charge in [-0.2, -0.15) is 0 Å². The Morgan fingerprint density at radius 3 is 2.23 bits per heavy atom. The molecule has 0 aliphatic carbocycles. The third-order valence-electron chi connectivity index (χ3n) is 6.65. The third kappa shape index (κ3) is 7.19. The second-order valence-corrected chi connectivity index (χ2v) is 11.6. The molecule has 3 aromatic carbocycles. The molecule has 0 saturated heterocycles. The van der Waals surface area contributed by atoms with E-state index < -0.39 is 28.5 Å². The van der Waals surface area contributed by atoms with Crippen molar-refractivity contribution in [2.45, 2.75) is 58.0 Å². The van der Waals surface area contributed by atoms with Crippen LogP contribution in [0.25, 0.3) is 0 Å². The van der Waals surface area contributed by atoms with Crippen LogP contribution >= 0.6 is 11.6 Å². The van der Waals surface area contributed by atoms with Crippen LogP contribution < -0.4 is 9.62 Å². The number of nitrogens with zero attached hydrogens (tertiary/aromatic N) is 2. The van der Waals surface area contributed by atoms with E-state index in [0.717, 1.165) is 21.9 Å². The first-order valence-electron chi connectivity index (χ1n) is 13.1. The standard InChI is InChI=1S/C30H36ClN3O4S/c1-5-19-32-30(36)27(6-2)33(20-24-14-11-10-13-22(24)3)29(35)21-34(28-18-12-17-26(31)23(28)4)39(37,38)25-15-8-7-9-16-25/h7-18,27H,5-6,19-21H2,1-4H3,(H,32,36)/t27-/m1/s1. The van der Waals surface area contributed by atoms with Crippen LogP contribution in [0.3, 0.4) is 0 Å². The van der Waals surface area contributed by atoms with Gasteiger partial charge in [0.05, 0.1) is 10.6 Å². The topological polar surface area (TPSA) is 86.8 Å². The van der Waals surface area contributed by atoms with Gasteiger partial charge in [-0.3, -0.25) is 13.9 Å². The van der Waals surface area contributed by atoms with Crippen molar-refractivity contribution < 1.29 is 18.0 Å². The molecule has 2 amide bonds. The number of hydrogen-bond acceptors (Lipinski definition) is 4. The number of anilines is 1. The predicted octanol–water partition coefficient (Wildman–Crippen LogP) is 5.49. The van der Waals surface area contributed by atoms with Crippen molar-refractivity contribution in [1.82, 2.24) is 10.2 Å². The fraction of sp³-hybridized carbons (Fsp3) is 0.333. The minimum absolute atomic E-state index is 0.0513. The molecule has 39 heavy (non-hydrogen) atoms. The molecule has 1 N–H and O–H groups in total. The van der Waals surface area contributed by atoms with Gasteiger partial charge < -0.3 is 10.2 Å². The van der Waals surface area contributed by atoms with Crippen molar-refractivity contribution in [3.05, 3.63) is 94.5 Å². The van der Waals surface area contributed by atoms with Gasteiger partial charge in [-0.25, -0.2) is 8.42 Å². The lowest BCUT2D eigenvalue weighted by Gasteiger charge is -2.34. The van der Waals surface area contributed by atoms with E-state index in [1.807, 2.05) is 45.0 Å². The Hall–Kier alpha value is -3.36. The summed E-state index contributed by atoms with van der Waals surface area (Å²) in [6.45, 7) is 7.60. The Bertz CT molecular complexity index is 1400. The molecule has 0 heterocycles. The number of carbonyl (C=O) groups is 2. The van der Waals surface area contributed by atoms with Gasteiger partial charge in [-0.05, 0) is 67.6 Å². The largest absolute Gasteiger partial charge is 0.354 e. The number of benzene rings is 3. The third-order valence-corrected chi connectivity index (χ3v) is 8.84. The maximum absolute atomic E-state index is 14.1. The zero-order valence-electron chi connectivity index (χ0n) is 22.9. The Balaban J connectivity index is 2.09. The van der Waals surface area contributed by atoms with Gasteiger partial charge in [-0.1, -0.05) is 74.0 Å². The van der Waals surface area contributed by atoms with Crippen LogP contribution in [0.1, 0.15) is 43.4 Å². The van der Waals surface area contributed by atoms with Gasteiger partial charge in [0.2, 0.25) is 11.8 Å². The number of amides is 2. The maximum atomic E-state index is 14.1. The minimum atomic E-state index is -4.14. The van der Waals surface area contributed by atoms with Gasteiger partial charge >= 0.3 is 0 Å². The lowest BCUT2D eigenvalue weighted by atomic mass is 10.1. The number of halogens is 1. The van der Waals surface area contributed by atoms with E-state index in [0.29, 0.717) is 29.2 Å². The summed E-state index contributed by atoms with van der Waals surface area (Å²) < 4.78 is 28.9. The van der Waals surface area contributed by atoms with Crippen molar-refractivity contribution >= 4 is 39.1 Å². The monoisotopic (exact) mass is 569 g/mol. The second kappa shape index (κ2) is 13.6. The summed E-state index contributed by atoms with van der Waals surface area (Å²) in [7, 11) is -4.14. The summed E-state index contributed by atoms with van der Waals surface area (Å²) in [5.41, 5.74) is 2.69. The Labute approximate surface area is 236 Å². The molecule has 9 heteroatoms. The molecule has 1 atom stereocenters. The smallest absolute Gasteiger partial charge is 0.264 e. The summed E-state index contributed by atoms with van der Waals surface area (Å²) >= 11 is 6.37. The summed E-state index contributed by atoms with van der Waals surface area (Å²) in [4.78, 5) is 28.8. The first kappa shape index (κ1) is 30.2. The fourth-order valence-corrected chi connectivity index (χ4v) is 6.02. The highest BCUT2D eigenvalue weighted by molar-refractivity contribution is 7.92. The van der Waals surface area contributed by atoms with Crippen LogP contribution in [-0.4, -0.2) is 44.3 Å². The lowest BCUT2D eigenvalue weighted by molar-refractivity contribution is -0.140. The zero-order valence-corrected chi connectivity index (χ0v) is 24.4. The number of sulfonamides is 1. The van der Waals surface area contributed by atoms with Crippen LogP contribution in [0.15, 0.2) is 77.7 Å². The van der Waals surface area contributed by atoms with E-state index in [1.165, 1.54) is 17.0 Å². The van der Waals surface area contributed by atoms with Crippen molar-refractivity contribution in [3.63, 3.8) is 0 Å². The SMILES string of the molecule is CCCNC(=O)[C@@H](CC)N(Cc1ccccc1C)C(=O)CN(c1cccc(Cl)c1C)S(=O)(=O)c1ccccc1. The normalized spacial score (nSPS) is 12.0. The van der Waals surface area contributed by atoms with Crippen molar-refractivity contribution in [2.75, 3.05) is 17.4 Å². The first-order chi connectivity index (χ1) is 18.6. The van der Waals surface area contributed by atoms with E-state index in [2.05, 4.69) is 5.32 Å². The molecule has 7 nitrogen and oxygen atoms in total. The van der Waals surface area contributed by atoms with Crippen LogP contribution in [0.5, 0.6) is 0 Å². The van der Waals surface area contributed by atoms with Gasteiger partial charge in [0, 0.05) is 18.1 Å². The van der Waals surface area contributed by atoms with Crippen molar-refractivity contribution in [1.29, 1.82) is 0 Å². The first-order valence-corrected chi connectivity index (χ1v) is 14.9. The van der Waals surface area contributed by atoms with E-state index in [-0.39, 0.29) is 17.3 Å². The second-order valence-electron chi connectivity index (χ2n) is 9.37. The van der Waals surface area contributed by atoms with Crippen molar-refractivity contribution in [3.8, 4) is 0 Å². The van der Waals surface area contributed by atoms with Crippen LogP contribution in [0.2, 0.25) is 5.02 Å². The number of rotatable bonds is 12. The number of nitrogens with one attached hydrogen (secondary N) is 1. The molecule has 208 valence electrons. The van der Waals surface area contributed by atoms with Crippen molar-refractivity contribution in [2.24, 2.45) is 0 Å². The highest BCUT2D eigenvalue weighted by atomic mass is 35.5. The molecule has 0 unspecified atom stereocenters. The average molecular weight is 570 g/mol. The summed E-state index contributed by atoms with van der Waals surface area (Å²) in [5, 5.41) is 3.28. The molecule has 0 radical (unpaired) electrons. The van der Waals surface area contributed by atoms with Gasteiger partial charge in [0.1, 0.15) is 12.6 Å². The quantitative estimate of drug-likeness (QED) is 0.313. The van der Waals surface area contributed by atoms with E-state index in [1.54, 1.807) is 43.3 Å². The number of carbonyl (C=O) groups excluding carboxylic acids is 2. The number of aryl methyl sites for hydroxylation is 1. The zero-order chi connectivity index (χ0) is 28.6. The van der Waals surface area contributed by atoms with Gasteiger partial charge in [0.25, 0.3) is 10.0 Å². The molecule has 3 rings (SSSR count). The molecule has 0 fully saturated rings. The van der Waals surface area contributed by atoms with Crippen LogP contribution in [-0.2, 0) is 26.2 Å². The molecule has 0 aliphatic rings. The molecule has 0 aromatic heterocycles. The Morgan fingerprint density at radius 2 is 1.59 bits per heavy atom. The van der Waals surface area contributed by atoms with Crippen LogP contribution in [0.4, 0.5) is 5.69 Å². The highest BCUT2D eigenvalue weighted by Gasteiger charge is 2.34. The lowest BCUT2D eigenvalue weighted by Crippen LogP contribution is -2.52. The van der Waals surface area contributed by atoms with Gasteiger partial charge in [0.15, 0.2) is 0 Å². The molecular formula is C30H36ClN3O4S. The molecule has 0 aliphatic heterocycles. The molecule has 3 aromatic rings. The predicted molar refractivity (Wildman–Crippen MR) is 156 cm³/mol. The fourth-order valence-electron chi connectivity index (χ4n) is 4.36. The maximum Gasteiger partial charge on any atom is 0.264 e. The Morgan fingerprint density at radius 1 is 0.923 bits per heavy atom. The minimum Gasteiger partial charge on any atom is -0.354 e. The van der Waals surface area contributed by atoms with E-state index in [9.17, 15) is 18.0 Å². The van der Waals surface area contributed by atoms with E-state index in [4.69, 9.17) is 11.6 Å². The number of hydrogen-bond donors (Lipinski definition) is 1. The molecular weight excluding hydrogens is 534 g/mol. The molecule has 0 spiro atoms. The molecule has 0 saturated carbocycles. The Kier molecular flexibility index (Phi) is 10.5. The summed E-state index contributed by atoms with van der Waals surface area (Å²) in [6.07, 6.45) is 1.12.